The summed E-state index contributed by atoms with van der Waals surface area (Å²) in [5, 5.41) is 17.2. The lowest BCUT2D eigenvalue weighted by molar-refractivity contribution is -0.146. The number of rotatable bonds is 6. The SMILES string of the molecule is O=C(O)C(O)CNS(=O)(=O)CC1CCCO1. The molecule has 1 heterocycles. The summed E-state index contributed by atoms with van der Waals surface area (Å²) in [5.41, 5.74) is 0. The van der Waals surface area contributed by atoms with Gasteiger partial charge in [0, 0.05) is 13.2 Å². The number of ether oxygens (including phenoxy) is 1. The second kappa shape index (κ2) is 5.58. The van der Waals surface area contributed by atoms with Crippen LogP contribution >= 0.6 is 0 Å². The van der Waals surface area contributed by atoms with E-state index in [1.165, 1.54) is 0 Å². The zero-order chi connectivity index (χ0) is 12.2. The molecule has 1 aliphatic heterocycles. The zero-order valence-electron chi connectivity index (χ0n) is 8.63. The number of nitrogens with one attached hydrogen (secondary N) is 1. The molecule has 1 fully saturated rings. The molecule has 0 aromatic carbocycles. The monoisotopic (exact) mass is 253 g/mol. The number of aliphatic hydroxyl groups excluding tert-OH is 1. The third kappa shape index (κ3) is 4.44. The molecule has 1 saturated heterocycles. The van der Waals surface area contributed by atoms with E-state index in [1.807, 2.05) is 4.72 Å². The van der Waals surface area contributed by atoms with E-state index in [0.29, 0.717) is 13.0 Å². The maximum absolute atomic E-state index is 11.4. The van der Waals surface area contributed by atoms with Gasteiger partial charge >= 0.3 is 5.97 Å². The van der Waals surface area contributed by atoms with Crippen LogP contribution in [0.3, 0.4) is 0 Å². The van der Waals surface area contributed by atoms with Crippen LogP contribution in [0.4, 0.5) is 0 Å². The van der Waals surface area contributed by atoms with Crippen molar-refractivity contribution in [2.75, 3.05) is 18.9 Å². The van der Waals surface area contributed by atoms with Crippen LogP contribution in [-0.2, 0) is 19.6 Å². The molecule has 1 rings (SSSR count). The zero-order valence-corrected chi connectivity index (χ0v) is 9.44. The van der Waals surface area contributed by atoms with Crippen molar-refractivity contribution in [3.8, 4) is 0 Å². The van der Waals surface area contributed by atoms with E-state index in [9.17, 15) is 13.2 Å². The summed E-state index contributed by atoms with van der Waals surface area (Å²) >= 11 is 0. The Bertz CT molecular complexity index is 334. The molecular weight excluding hydrogens is 238 g/mol. The summed E-state index contributed by atoms with van der Waals surface area (Å²) < 4.78 is 30.0. The van der Waals surface area contributed by atoms with E-state index in [-0.39, 0.29) is 11.9 Å². The molecular formula is C8H15NO6S. The quantitative estimate of drug-likeness (QED) is 0.532. The molecule has 2 atom stereocenters. The summed E-state index contributed by atoms with van der Waals surface area (Å²) in [6.45, 7) is 0.0301. The Kier molecular flexibility index (Phi) is 4.66. The topological polar surface area (TPSA) is 113 Å². The lowest BCUT2D eigenvalue weighted by atomic mass is 10.3. The van der Waals surface area contributed by atoms with Crippen molar-refractivity contribution in [1.82, 2.24) is 4.72 Å². The van der Waals surface area contributed by atoms with Crippen LogP contribution in [0.5, 0.6) is 0 Å². The fourth-order valence-electron chi connectivity index (χ4n) is 1.37. The largest absolute Gasteiger partial charge is 0.479 e. The average molecular weight is 253 g/mol. The van der Waals surface area contributed by atoms with Crippen molar-refractivity contribution in [3.63, 3.8) is 0 Å². The minimum absolute atomic E-state index is 0.195. The Balaban J connectivity index is 2.36. The normalized spacial score (nSPS) is 23.2. The molecule has 16 heavy (non-hydrogen) atoms. The van der Waals surface area contributed by atoms with Gasteiger partial charge in [0.05, 0.1) is 11.9 Å². The van der Waals surface area contributed by atoms with Gasteiger partial charge in [0.1, 0.15) is 0 Å². The standard InChI is InChI=1S/C8H15NO6S/c10-7(8(11)12)4-9-16(13,14)5-6-2-1-3-15-6/h6-7,9-10H,1-5H2,(H,11,12). The molecule has 8 heteroatoms. The predicted molar refractivity (Wildman–Crippen MR) is 54.4 cm³/mol. The highest BCUT2D eigenvalue weighted by Crippen LogP contribution is 2.13. The number of sulfonamides is 1. The first-order valence-electron chi connectivity index (χ1n) is 4.90. The highest BCUT2D eigenvalue weighted by atomic mass is 32.2. The lowest BCUT2D eigenvalue weighted by Gasteiger charge is -2.12. The second-order valence-electron chi connectivity index (χ2n) is 3.62. The van der Waals surface area contributed by atoms with E-state index in [4.69, 9.17) is 14.9 Å². The number of hydrogen-bond donors (Lipinski definition) is 3. The van der Waals surface area contributed by atoms with Crippen LogP contribution in [0.15, 0.2) is 0 Å². The van der Waals surface area contributed by atoms with Gasteiger partial charge in [-0.3, -0.25) is 0 Å². The minimum Gasteiger partial charge on any atom is -0.479 e. The second-order valence-corrected chi connectivity index (χ2v) is 5.47. The molecule has 2 unspecified atom stereocenters. The smallest absolute Gasteiger partial charge is 0.333 e. The van der Waals surface area contributed by atoms with Gasteiger partial charge in [0.2, 0.25) is 10.0 Å². The molecule has 94 valence electrons. The number of carbonyl (C=O) groups is 1. The van der Waals surface area contributed by atoms with Gasteiger partial charge in [-0.05, 0) is 12.8 Å². The van der Waals surface area contributed by atoms with Gasteiger partial charge in [-0.1, -0.05) is 0 Å². The number of carboxylic acid groups (broad SMARTS) is 1. The number of aliphatic carboxylic acids is 1. The van der Waals surface area contributed by atoms with Gasteiger partial charge in [-0.15, -0.1) is 0 Å². The Hall–Kier alpha value is -0.700. The lowest BCUT2D eigenvalue weighted by Crippen LogP contribution is -2.39. The van der Waals surface area contributed by atoms with Crippen molar-refractivity contribution < 1.29 is 28.2 Å². The average Bonchev–Trinajstić information content (AvgIpc) is 2.65. The summed E-state index contributed by atoms with van der Waals surface area (Å²) in [5.74, 6) is -1.65. The maximum Gasteiger partial charge on any atom is 0.333 e. The minimum atomic E-state index is -3.59. The molecule has 0 aromatic rings. The van der Waals surface area contributed by atoms with E-state index in [1.54, 1.807) is 0 Å². The van der Waals surface area contributed by atoms with Gasteiger partial charge in [-0.2, -0.15) is 0 Å². The number of carboxylic acids is 1. The summed E-state index contributed by atoms with van der Waals surface area (Å²) in [6.07, 6.45) is -0.543. The van der Waals surface area contributed by atoms with Gasteiger partial charge in [0.25, 0.3) is 0 Å². The highest BCUT2D eigenvalue weighted by molar-refractivity contribution is 7.89. The van der Waals surface area contributed by atoms with Crippen molar-refractivity contribution in [2.24, 2.45) is 0 Å². The van der Waals surface area contributed by atoms with Crippen LogP contribution in [0, 0.1) is 0 Å². The van der Waals surface area contributed by atoms with Gasteiger partial charge in [0.15, 0.2) is 6.10 Å². The van der Waals surface area contributed by atoms with Gasteiger partial charge in [-0.25, -0.2) is 17.9 Å². The molecule has 3 N–H and O–H groups in total. The predicted octanol–water partition coefficient (Wildman–Crippen LogP) is -1.47. The third-order valence-corrected chi connectivity index (χ3v) is 3.63. The fraction of sp³-hybridized carbons (Fsp3) is 0.875. The summed E-state index contributed by atoms with van der Waals surface area (Å²) in [6, 6.07) is 0. The van der Waals surface area contributed by atoms with Crippen LogP contribution in [-0.4, -0.2) is 55.7 Å². The van der Waals surface area contributed by atoms with Crippen LogP contribution < -0.4 is 4.72 Å². The fourth-order valence-corrected chi connectivity index (χ4v) is 2.65. The van der Waals surface area contributed by atoms with Crippen molar-refractivity contribution >= 4 is 16.0 Å². The van der Waals surface area contributed by atoms with Gasteiger partial charge < -0.3 is 14.9 Å². The van der Waals surface area contributed by atoms with Crippen LogP contribution in [0.1, 0.15) is 12.8 Å². The van der Waals surface area contributed by atoms with E-state index in [2.05, 4.69) is 0 Å². The van der Waals surface area contributed by atoms with E-state index in [0.717, 1.165) is 6.42 Å². The van der Waals surface area contributed by atoms with E-state index >= 15 is 0 Å². The Labute approximate surface area is 93.5 Å². The first-order chi connectivity index (χ1) is 7.41. The molecule has 0 saturated carbocycles. The molecule has 0 bridgehead atoms. The molecule has 0 radical (unpaired) electrons. The summed E-state index contributed by atoms with van der Waals surface area (Å²) in [4.78, 5) is 10.3. The van der Waals surface area contributed by atoms with Crippen molar-refractivity contribution in [3.05, 3.63) is 0 Å². The van der Waals surface area contributed by atoms with E-state index < -0.39 is 28.6 Å². The Morgan fingerprint density at radius 1 is 1.56 bits per heavy atom. The number of aliphatic hydroxyl groups is 1. The molecule has 0 aromatic heterocycles. The summed E-state index contributed by atoms with van der Waals surface area (Å²) in [7, 11) is -3.59. The Morgan fingerprint density at radius 2 is 2.25 bits per heavy atom. The molecule has 0 spiro atoms. The van der Waals surface area contributed by atoms with Crippen molar-refractivity contribution in [2.45, 2.75) is 25.0 Å². The van der Waals surface area contributed by atoms with Crippen LogP contribution in [0.25, 0.3) is 0 Å². The first-order valence-corrected chi connectivity index (χ1v) is 6.56. The number of hydrogen-bond acceptors (Lipinski definition) is 5. The maximum atomic E-state index is 11.4. The third-order valence-electron chi connectivity index (χ3n) is 2.21. The highest BCUT2D eigenvalue weighted by Gasteiger charge is 2.24. The molecule has 0 amide bonds. The first kappa shape index (κ1) is 13.4. The van der Waals surface area contributed by atoms with Crippen LogP contribution in [0.2, 0.25) is 0 Å². The molecule has 7 nitrogen and oxygen atoms in total. The van der Waals surface area contributed by atoms with Crippen molar-refractivity contribution in [1.29, 1.82) is 0 Å². The Morgan fingerprint density at radius 3 is 2.75 bits per heavy atom. The molecule has 1 aliphatic rings. The molecule has 0 aliphatic carbocycles.